The van der Waals surface area contributed by atoms with E-state index in [1.54, 1.807) is 37.4 Å². The van der Waals surface area contributed by atoms with Crippen LogP contribution in [-0.4, -0.2) is 53.9 Å². The van der Waals surface area contributed by atoms with Crippen LogP contribution in [0.2, 0.25) is 0 Å². The molecule has 5 rings (SSSR count). The lowest BCUT2D eigenvalue weighted by Gasteiger charge is -2.38. The number of carbonyl (C=O) groups excluding carboxylic acids is 1. The van der Waals surface area contributed by atoms with Crippen molar-refractivity contribution in [3.63, 3.8) is 0 Å². The van der Waals surface area contributed by atoms with E-state index in [9.17, 15) is 13.2 Å². The summed E-state index contributed by atoms with van der Waals surface area (Å²) >= 11 is 0. The Hall–Kier alpha value is -3.13. The van der Waals surface area contributed by atoms with Gasteiger partial charge in [0.2, 0.25) is 0 Å². The molecular weight excluding hydrogens is 426 g/mol. The number of hydrogen-bond acceptors (Lipinski definition) is 5. The van der Waals surface area contributed by atoms with Gasteiger partial charge in [0.1, 0.15) is 11.4 Å². The van der Waals surface area contributed by atoms with Gasteiger partial charge in [0.15, 0.2) is 9.84 Å². The molecule has 1 aromatic heterocycles. The number of hydrogen-bond donors (Lipinski definition) is 1. The van der Waals surface area contributed by atoms with Gasteiger partial charge in [0, 0.05) is 17.6 Å². The number of ether oxygens (including phenoxy) is 1. The van der Waals surface area contributed by atoms with Crippen molar-refractivity contribution in [3.05, 3.63) is 66.4 Å². The predicted molar refractivity (Wildman–Crippen MR) is 120 cm³/mol. The first-order valence-corrected chi connectivity index (χ1v) is 12.3. The molecule has 8 heteroatoms. The molecule has 2 aliphatic heterocycles. The molecule has 1 N–H and O–H groups in total. The molecule has 1 amide bonds. The first-order chi connectivity index (χ1) is 15.5. The second-order valence-electron chi connectivity index (χ2n) is 8.42. The van der Waals surface area contributed by atoms with E-state index in [2.05, 4.69) is 10.2 Å². The number of H-pyrrole nitrogens is 1. The molecule has 0 saturated carbocycles. The van der Waals surface area contributed by atoms with Crippen molar-refractivity contribution in [2.45, 2.75) is 47.9 Å². The molecule has 3 heterocycles. The first kappa shape index (κ1) is 20.8. The number of amides is 1. The van der Waals surface area contributed by atoms with Crippen molar-refractivity contribution in [1.82, 2.24) is 15.1 Å². The lowest BCUT2D eigenvalue weighted by Crippen LogP contribution is -2.49. The van der Waals surface area contributed by atoms with E-state index in [1.807, 2.05) is 35.2 Å². The number of sulfone groups is 1. The molecule has 3 aromatic rings. The minimum absolute atomic E-state index is 0.0808. The average molecular weight is 452 g/mol. The number of para-hydroxylation sites is 1. The van der Waals surface area contributed by atoms with Crippen molar-refractivity contribution in [2.75, 3.05) is 7.11 Å². The van der Waals surface area contributed by atoms with Crippen molar-refractivity contribution in [1.29, 1.82) is 0 Å². The van der Waals surface area contributed by atoms with Gasteiger partial charge < -0.3 is 9.64 Å². The Labute approximate surface area is 187 Å². The van der Waals surface area contributed by atoms with Crippen LogP contribution in [-0.2, 0) is 9.84 Å². The molecule has 7 nitrogen and oxygen atoms in total. The standard InChI is InChI=1S/C24H25N3O4S/c1-31-23-10-6-5-9-20(23)21-15-22(26-25-21)24(28)27-16-11-12-17(27)14-19(13-16)32(29,30)18-7-3-2-4-8-18/h2-10,15-17,19H,11-14H2,1H3,(H,25,26). The normalized spacial score (nSPS) is 22.7. The van der Waals surface area contributed by atoms with Crippen molar-refractivity contribution < 1.29 is 17.9 Å². The summed E-state index contributed by atoms with van der Waals surface area (Å²) in [5, 5.41) is 6.74. The number of piperidine rings is 1. The van der Waals surface area contributed by atoms with E-state index >= 15 is 0 Å². The Morgan fingerprint density at radius 3 is 2.38 bits per heavy atom. The summed E-state index contributed by atoms with van der Waals surface area (Å²) in [6.07, 6.45) is 2.58. The van der Waals surface area contributed by atoms with E-state index < -0.39 is 15.1 Å². The van der Waals surface area contributed by atoms with Crippen LogP contribution < -0.4 is 4.74 Å². The SMILES string of the molecule is COc1ccccc1-c1cc(C(=O)N2C3CCC2CC(S(=O)(=O)c2ccccc2)C3)[nH]n1. The number of nitrogens with one attached hydrogen (secondary N) is 1. The van der Waals surface area contributed by atoms with Crippen LogP contribution in [0.1, 0.15) is 36.2 Å². The molecule has 2 bridgehead atoms. The number of aromatic nitrogens is 2. The fourth-order valence-corrected chi connectivity index (χ4v) is 6.95. The van der Waals surface area contributed by atoms with Crippen LogP contribution in [0, 0.1) is 0 Å². The van der Waals surface area contributed by atoms with E-state index in [-0.39, 0.29) is 18.0 Å². The van der Waals surface area contributed by atoms with Crippen molar-refractivity contribution >= 4 is 15.7 Å². The Morgan fingerprint density at radius 1 is 1.03 bits per heavy atom. The van der Waals surface area contributed by atoms with E-state index in [4.69, 9.17) is 4.74 Å². The molecular formula is C24H25N3O4S. The summed E-state index contributed by atoms with van der Waals surface area (Å²) in [4.78, 5) is 15.6. The highest BCUT2D eigenvalue weighted by atomic mass is 32.2. The largest absolute Gasteiger partial charge is 0.496 e. The third-order valence-electron chi connectivity index (χ3n) is 6.63. The van der Waals surface area contributed by atoms with Gasteiger partial charge in [-0.2, -0.15) is 5.10 Å². The van der Waals surface area contributed by atoms with Gasteiger partial charge in [-0.25, -0.2) is 8.42 Å². The van der Waals surface area contributed by atoms with Crippen LogP contribution in [0.25, 0.3) is 11.3 Å². The highest BCUT2D eigenvalue weighted by Crippen LogP contribution is 2.40. The number of nitrogens with zero attached hydrogens (tertiary/aromatic N) is 2. The molecule has 0 spiro atoms. The smallest absolute Gasteiger partial charge is 0.272 e. The second-order valence-corrected chi connectivity index (χ2v) is 10.6. The summed E-state index contributed by atoms with van der Waals surface area (Å²) < 4.78 is 31.7. The zero-order valence-electron chi connectivity index (χ0n) is 17.8. The monoisotopic (exact) mass is 451 g/mol. The van der Waals surface area contributed by atoms with Crippen molar-refractivity contribution in [2.24, 2.45) is 0 Å². The maximum Gasteiger partial charge on any atom is 0.272 e. The highest BCUT2D eigenvalue weighted by Gasteiger charge is 2.47. The maximum atomic E-state index is 13.4. The van der Waals surface area contributed by atoms with Crippen LogP contribution >= 0.6 is 0 Å². The summed E-state index contributed by atoms with van der Waals surface area (Å²) in [7, 11) is -1.81. The van der Waals surface area contributed by atoms with Gasteiger partial charge in [-0.3, -0.25) is 9.89 Å². The quantitative estimate of drug-likeness (QED) is 0.639. The molecule has 0 radical (unpaired) electrons. The minimum Gasteiger partial charge on any atom is -0.496 e. The van der Waals surface area contributed by atoms with E-state index in [1.165, 1.54) is 0 Å². The molecule has 2 atom stereocenters. The number of benzene rings is 2. The van der Waals surface area contributed by atoms with Gasteiger partial charge >= 0.3 is 0 Å². The predicted octanol–water partition coefficient (Wildman–Crippen LogP) is 3.69. The lowest BCUT2D eigenvalue weighted by molar-refractivity contribution is 0.0592. The van der Waals surface area contributed by atoms with Gasteiger partial charge in [-0.1, -0.05) is 30.3 Å². The summed E-state index contributed by atoms with van der Waals surface area (Å²) in [5.41, 5.74) is 1.85. The average Bonchev–Trinajstić information content (AvgIpc) is 3.41. The third-order valence-corrected chi connectivity index (χ3v) is 8.82. The Bertz CT molecular complexity index is 1220. The highest BCUT2D eigenvalue weighted by molar-refractivity contribution is 7.92. The zero-order valence-corrected chi connectivity index (χ0v) is 18.6. The van der Waals surface area contributed by atoms with Gasteiger partial charge in [0.25, 0.3) is 5.91 Å². The fourth-order valence-electron chi connectivity index (χ4n) is 5.08. The van der Waals surface area contributed by atoms with Crippen molar-refractivity contribution in [3.8, 4) is 17.0 Å². The zero-order chi connectivity index (χ0) is 22.3. The fraction of sp³-hybridized carbons (Fsp3) is 0.333. The number of carbonyl (C=O) groups is 1. The number of fused-ring (bicyclic) bond motifs is 2. The summed E-state index contributed by atoms with van der Waals surface area (Å²) in [6, 6.07) is 17.7. The second kappa shape index (κ2) is 8.09. The van der Waals surface area contributed by atoms with Crippen LogP contribution in [0.4, 0.5) is 0 Å². The topological polar surface area (TPSA) is 92.4 Å². The summed E-state index contributed by atoms with van der Waals surface area (Å²) in [5.74, 6) is 0.562. The number of aromatic amines is 1. The Balaban J connectivity index is 1.37. The van der Waals surface area contributed by atoms with Gasteiger partial charge in [0.05, 0.1) is 22.9 Å². The summed E-state index contributed by atoms with van der Waals surface area (Å²) in [6.45, 7) is 0. The Morgan fingerprint density at radius 2 is 1.69 bits per heavy atom. The molecule has 2 unspecified atom stereocenters. The Kier molecular flexibility index (Phi) is 5.25. The lowest BCUT2D eigenvalue weighted by atomic mass is 10.0. The molecule has 2 aliphatic rings. The maximum absolute atomic E-state index is 13.4. The van der Waals surface area contributed by atoms with Crippen LogP contribution in [0.5, 0.6) is 5.75 Å². The molecule has 166 valence electrons. The van der Waals surface area contributed by atoms with Gasteiger partial charge in [-0.15, -0.1) is 0 Å². The number of methoxy groups -OCH3 is 1. The number of rotatable bonds is 5. The first-order valence-electron chi connectivity index (χ1n) is 10.8. The molecule has 0 aliphatic carbocycles. The molecule has 2 fully saturated rings. The molecule has 2 saturated heterocycles. The van der Waals surface area contributed by atoms with E-state index in [0.717, 1.165) is 18.4 Å². The van der Waals surface area contributed by atoms with Crippen LogP contribution in [0.15, 0.2) is 65.6 Å². The molecule has 32 heavy (non-hydrogen) atoms. The molecule has 2 aromatic carbocycles. The van der Waals surface area contributed by atoms with E-state index in [0.29, 0.717) is 34.9 Å². The third kappa shape index (κ3) is 3.48. The van der Waals surface area contributed by atoms with Crippen LogP contribution in [0.3, 0.4) is 0 Å². The van der Waals surface area contributed by atoms with Gasteiger partial charge in [-0.05, 0) is 56.0 Å². The minimum atomic E-state index is -3.41.